The Morgan fingerprint density at radius 3 is 2.47 bits per heavy atom. The van der Waals surface area contributed by atoms with E-state index >= 15 is 0 Å². The second-order valence-electron chi connectivity index (χ2n) is 3.20. The highest BCUT2D eigenvalue weighted by Crippen LogP contribution is 2.14. The maximum absolute atomic E-state index is 10.7. The molecule has 0 heterocycles. The molecule has 5 heteroatoms. The number of thiocarbonyl (C=S) groups is 1. The third kappa shape index (κ3) is 4.05. The lowest BCUT2D eigenvalue weighted by molar-refractivity contribution is -0.131. The molecule has 0 fully saturated rings. The van der Waals surface area contributed by atoms with Gasteiger partial charge in [-0.15, -0.1) is 0 Å². The minimum atomic E-state index is -0.380. The molecule has 0 aromatic heterocycles. The molecule has 1 aromatic rings. The van der Waals surface area contributed by atoms with Crippen LogP contribution in [0.1, 0.15) is 12.5 Å². The van der Waals surface area contributed by atoms with Crippen LogP contribution in [0.25, 0.3) is 6.08 Å². The maximum atomic E-state index is 10.7. The molecule has 17 heavy (non-hydrogen) atoms. The van der Waals surface area contributed by atoms with Crippen LogP contribution in [0.5, 0.6) is 5.75 Å². The van der Waals surface area contributed by atoms with Crippen molar-refractivity contribution in [3.8, 4) is 11.8 Å². The molecule has 0 bridgehead atoms. The predicted octanol–water partition coefficient (Wildman–Crippen LogP) is 1.80. The average Bonchev–Trinajstić information content (AvgIpc) is 2.26. The molecular formula is C12H10N2O2S. The summed E-state index contributed by atoms with van der Waals surface area (Å²) in [4.78, 5) is 10.8. The Labute approximate surface area is 104 Å². The molecule has 86 valence electrons. The molecule has 1 rings (SSSR count). The molecular weight excluding hydrogens is 236 g/mol. The molecule has 0 radical (unpaired) electrons. The summed E-state index contributed by atoms with van der Waals surface area (Å²) in [5.74, 6) is 0.0672. The Morgan fingerprint density at radius 1 is 1.47 bits per heavy atom. The molecule has 4 nitrogen and oxygen atoms in total. The van der Waals surface area contributed by atoms with Crippen molar-refractivity contribution in [1.82, 2.24) is 0 Å². The van der Waals surface area contributed by atoms with E-state index in [0.29, 0.717) is 5.75 Å². The molecule has 0 aliphatic carbocycles. The van der Waals surface area contributed by atoms with Crippen LogP contribution in [0.3, 0.4) is 0 Å². The molecule has 0 aliphatic heterocycles. The van der Waals surface area contributed by atoms with Crippen LogP contribution < -0.4 is 10.5 Å². The van der Waals surface area contributed by atoms with E-state index < -0.39 is 0 Å². The molecule has 0 aliphatic rings. The van der Waals surface area contributed by atoms with Crippen molar-refractivity contribution < 1.29 is 9.53 Å². The van der Waals surface area contributed by atoms with Gasteiger partial charge in [-0.2, -0.15) is 5.26 Å². The van der Waals surface area contributed by atoms with Crippen molar-refractivity contribution in [1.29, 1.82) is 5.26 Å². The summed E-state index contributed by atoms with van der Waals surface area (Å²) in [5.41, 5.74) is 6.35. The quantitative estimate of drug-likeness (QED) is 0.289. The SMILES string of the molecule is CC(=O)Oc1ccc(/C=C(\C#N)C(N)=S)cc1. The highest BCUT2D eigenvalue weighted by molar-refractivity contribution is 7.80. The van der Waals surface area contributed by atoms with Crippen molar-refractivity contribution in [2.45, 2.75) is 6.92 Å². The second-order valence-corrected chi connectivity index (χ2v) is 3.64. The van der Waals surface area contributed by atoms with Crippen LogP contribution in [0.4, 0.5) is 0 Å². The van der Waals surface area contributed by atoms with Gasteiger partial charge in [0, 0.05) is 6.92 Å². The minimum Gasteiger partial charge on any atom is -0.427 e. The second kappa shape index (κ2) is 5.77. The van der Waals surface area contributed by atoms with Crippen molar-refractivity contribution in [3.63, 3.8) is 0 Å². The smallest absolute Gasteiger partial charge is 0.308 e. The molecule has 1 aromatic carbocycles. The summed E-state index contributed by atoms with van der Waals surface area (Å²) in [5, 5.41) is 8.78. The van der Waals surface area contributed by atoms with Crippen molar-refractivity contribution >= 4 is 29.3 Å². The number of carbonyl (C=O) groups excluding carboxylic acids is 1. The minimum absolute atomic E-state index is 0.0524. The Morgan fingerprint density at radius 2 is 2.06 bits per heavy atom. The lowest BCUT2D eigenvalue weighted by atomic mass is 10.1. The van der Waals surface area contributed by atoms with Gasteiger partial charge < -0.3 is 10.5 Å². The van der Waals surface area contributed by atoms with Crippen LogP contribution in [-0.4, -0.2) is 11.0 Å². The van der Waals surface area contributed by atoms with Gasteiger partial charge in [-0.1, -0.05) is 24.4 Å². The first kappa shape index (κ1) is 12.9. The number of nitriles is 1. The summed E-state index contributed by atoms with van der Waals surface area (Å²) in [6, 6.07) is 8.56. The van der Waals surface area contributed by atoms with E-state index in [1.807, 2.05) is 6.07 Å². The molecule has 0 saturated heterocycles. The van der Waals surface area contributed by atoms with Gasteiger partial charge in [-0.25, -0.2) is 0 Å². The number of hydrogen-bond acceptors (Lipinski definition) is 4. The van der Waals surface area contributed by atoms with E-state index in [1.165, 1.54) is 6.92 Å². The van der Waals surface area contributed by atoms with Gasteiger partial charge in [-0.3, -0.25) is 4.79 Å². The van der Waals surface area contributed by atoms with Gasteiger partial charge in [0.2, 0.25) is 0 Å². The monoisotopic (exact) mass is 246 g/mol. The first-order chi connectivity index (χ1) is 8.02. The molecule has 0 unspecified atom stereocenters. The van der Waals surface area contributed by atoms with E-state index in [-0.39, 0.29) is 16.5 Å². The Balaban J connectivity index is 2.92. The predicted molar refractivity (Wildman–Crippen MR) is 68.1 cm³/mol. The Bertz CT molecular complexity index is 512. The number of ether oxygens (including phenoxy) is 1. The van der Waals surface area contributed by atoms with E-state index in [4.69, 9.17) is 28.0 Å². The van der Waals surface area contributed by atoms with Crippen LogP contribution in [0.15, 0.2) is 29.8 Å². The summed E-state index contributed by atoms with van der Waals surface area (Å²) >= 11 is 4.72. The zero-order valence-electron chi connectivity index (χ0n) is 9.14. The van der Waals surface area contributed by atoms with E-state index in [1.54, 1.807) is 30.3 Å². The summed E-state index contributed by atoms with van der Waals surface area (Å²) in [6.07, 6.45) is 1.57. The van der Waals surface area contributed by atoms with Crippen molar-refractivity contribution in [3.05, 3.63) is 35.4 Å². The lowest BCUT2D eigenvalue weighted by Gasteiger charge is -2.01. The standard InChI is InChI=1S/C12H10N2O2S/c1-8(15)16-11-4-2-9(3-5-11)6-10(7-13)12(14)17/h2-6H,1H3,(H2,14,17)/b10-6+. The normalized spacial score (nSPS) is 10.5. The number of hydrogen-bond donors (Lipinski definition) is 1. The number of rotatable bonds is 3. The van der Waals surface area contributed by atoms with E-state index in [9.17, 15) is 4.79 Å². The highest BCUT2D eigenvalue weighted by atomic mass is 32.1. The van der Waals surface area contributed by atoms with Gasteiger partial charge in [-0.05, 0) is 23.8 Å². The molecule has 0 saturated carbocycles. The number of carbonyl (C=O) groups is 1. The molecule has 0 atom stereocenters. The number of nitrogens with two attached hydrogens (primary N) is 1. The topological polar surface area (TPSA) is 76.1 Å². The summed E-state index contributed by atoms with van der Waals surface area (Å²) in [7, 11) is 0. The van der Waals surface area contributed by atoms with Crippen LogP contribution in [0, 0.1) is 11.3 Å². The van der Waals surface area contributed by atoms with Gasteiger partial charge in [0.15, 0.2) is 0 Å². The largest absolute Gasteiger partial charge is 0.427 e. The fraction of sp³-hybridized carbons (Fsp3) is 0.0833. The zero-order chi connectivity index (χ0) is 12.8. The first-order valence-corrected chi connectivity index (χ1v) is 5.14. The molecule has 2 N–H and O–H groups in total. The van der Waals surface area contributed by atoms with Gasteiger partial charge in [0.1, 0.15) is 16.8 Å². The molecule has 0 amide bonds. The van der Waals surface area contributed by atoms with Crippen LogP contribution >= 0.6 is 12.2 Å². The fourth-order valence-corrected chi connectivity index (χ4v) is 1.23. The van der Waals surface area contributed by atoms with E-state index in [2.05, 4.69) is 0 Å². The van der Waals surface area contributed by atoms with Crippen LogP contribution in [-0.2, 0) is 4.79 Å². The van der Waals surface area contributed by atoms with Crippen molar-refractivity contribution in [2.75, 3.05) is 0 Å². The molecule has 0 spiro atoms. The summed E-state index contributed by atoms with van der Waals surface area (Å²) < 4.78 is 4.87. The first-order valence-electron chi connectivity index (χ1n) is 4.73. The highest BCUT2D eigenvalue weighted by Gasteiger charge is 2.01. The lowest BCUT2D eigenvalue weighted by Crippen LogP contribution is -2.09. The third-order valence-corrected chi connectivity index (χ3v) is 2.06. The average molecular weight is 246 g/mol. The van der Waals surface area contributed by atoms with Crippen LogP contribution in [0.2, 0.25) is 0 Å². The number of nitrogens with zero attached hydrogens (tertiary/aromatic N) is 1. The zero-order valence-corrected chi connectivity index (χ0v) is 9.95. The number of esters is 1. The van der Waals surface area contributed by atoms with Gasteiger partial charge in [0.25, 0.3) is 0 Å². The van der Waals surface area contributed by atoms with Gasteiger partial charge in [0.05, 0.1) is 5.57 Å². The third-order valence-electron chi connectivity index (χ3n) is 1.84. The van der Waals surface area contributed by atoms with E-state index in [0.717, 1.165) is 5.56 Å². The Kier molecular flexibility index (Phi) is 4.37. The number of benzene rings is 1. The van der Waals surface area contributed by atoms with Gasteiger partial charge >= 0.3 is 5.97 Å². The Hall–Kier alpha value is -2.19. The fourth-order valence-electron chi connectivity index (χ4n) is 1.12. The van der Waals surface area contributed by atoms with Crippen molar-refractivity contribution in [2.24, 2.45) is 5.73 Å². The summed E-state index contributed by atoms with van der Waals surface area (Å²) in [6.45, 7) is 1.33. The maximum Gasteiger partial charge on any atom is 0.308 e.